The lowest BCUT2D eigenvalue weighted by molar-refractivity contribution is -0.0416. The van der Waals surface area contributed by atoms with Gasteiger partial charge in [0.1, 0.15) is 0 Å². The molecule has 0 heterocycles. The Morgan fingerprint density at radius 3 is 2.12 bits per heavy atom. The van der Waals surface area contributed by atoms with Gasteiger partial charge in [-0.3, -0.25) is 10.2 Å². The zero-order valence-electron chi connectivity index (χ0n) is 10.4. The molecule has 0 radical (unpaired) electrons. The molecule has 1 rings (SSSR count). The Morgan fingerprint density at radius 2 is 1.69 bits per heavy atom. The van der Waals surface area contributed by atoms with Gasteiger partial charge in [-0.1, -0.05) is 30.3 Å². The Hall–Kier alpha value is -1.35. The molecule has 0 amide bonds. The van der Waals surface area contributed by atoms with E-state index < -0.39 is 0 Å². The highest BCUT2D eigenvalue weighted by molar-refractivity contribution is 5.98. The molecular weight excluding hydrogens is 200 g/mol. The lowest BCUT2D eigenvalue weighted by atomic mass is 10.2. The molecule has 0 aromatic heterocycles. The average Bonchev–Trinajstić information content (AvgIpc) is 2.26. The number of amidine groups is 1. The van der Waals surface area contributed by atoms with E-state index in [0.717, 1.165) is 5.56 Å². The highest BCUT2D eigenvalue weighted by Gasteiger charge is 2.14. The van der Waals surface area contributed by atoms with Crippen LogP contribution in [-0.2, 0) is 0 Å². The van der Waals surface area contributed by atoms with Crippen LogP contribution in [0.4, 0.5) is 0 Å². The number of aliphatic imine (C=N–C) groups is 1. The largest absolute Gasteiger partial charge is 0.287 e. The van der Waals surface area contributed by atoms with Gasteiger partial charge in [0.25, 0.3) is 0 Å². The molecule has 1 aromatic rings. The minimum Gasteiger partial charge on any atom is -0.287 e. The SMILES string of the molecule is CC(C)N=C(c1ccccc1)N(O)C(C)C. The number of rotatable bonds is 3. The van der Waals surface area contributed by atoms with Crippen molar-refractivity contribution >= 4 is 5.84 Å². The predicted octanol–water partition coefficient (Wildman–Crippen LogP) is 2.94. The molecule has 3 heteroatoms. The second-order valence-electron chi connectivity index (χ2n) is 4.35. The Kier molecular flexibility index (Phi) is 4.50. The molecule has 0 bridgehead atoms. The maximum Gasteiger partial charge on any atom is 0.155 e. The van der Waals surface area contributed by atoms with Crippen molar-refractivity contribution in [2.24, 2.45) is 4.99 Å². The van der Waals surface area contributed by atoms with Gasteiger partial charge in [0.15, 0.2) is 5.84 Å². The molecular formula is C13H20N2O. The molecule has 0 fully saturated rings. The average molecular weight is 220 g/mol. The summed E-state index contributed by atoms with van der Waals surface area (Å²) in [5.41, 5.74) is 0.937. The maximum absolute atomic E-state index is 9.99. The molecule has 0 saturated carbocycles. The zero-order valence-corrected chi connectivity index (χ0v) is 10.4. The van der Waals surface area contributed by atoms with Crippen LogP contribution in [0, 0.1) is 0 Å². The minimum atomic E-state index is 0.0118. The fraction of sp³-hybridized carbons (Fsp3) is 0.462. The molecule has 1 N–H and O–H groups in total. The summed E-state index contributed by atoms with van der Waals surface area (Å²) in [6.45, 7) is 7.85. The summed E-state index contributed by atoms with van der Waals surface area (Å²) < 4.78 is 0. The minimum absolute atomic E-state index is 0.0118. The highest BCUT2D eigenvalue weighted by atomic mass is 16.5. The number of hydroxylamine groups is 2. The van der Waals surface area contributed by atoms with Crippen LogP contribution >= 0.6 is 0 Å². The van der Waals surface area contributed by atoms with Crippen molar-refractivity contribution in [3.8, 4) is 0 Å². The number of nitrogens with zero attached hydrogens (tertiary/aromatic N) is 2. The molecule has 0 atom stereocenters. The van der Waals surface area contributed by atoms with Crippen LogP contribution in [0.2, 0.25) is 0 Å². The van der Waals surface area contributed by atoms with Crippen molar-refractivity contribution < 1.29 is 5.21 Å². The van der Waals surface area contributed by atoms with Crippen LogP contribution < -0.4 is 0 Å². The summed E-state index contributed by atoms with van der Waals surface area (Å²) in [4.78, 5) is 4.46. The van der Waals surface area contributed by atoms with Gasteiger partial charge in [0.05, 0.1) is 6.04 Å². The van der Waals surface area contributed by atoms with Crippen molar-refractivity contribution in [1.29, 1.82) is 0 Å². The van der Waals surface area contributed by atoms with Crippen LogP contribution in [0.3, 0.4) is 0 Å². The predicted molar refractivity (Wildman–Crippen MR) is 66.9 cm³/mol. The van der Waals surface area contributed by atoms with E-state index in [-0.39, 0.29) is 12.1 Å². The summed E-state index contributed by atoms with van der Waals surface area (Å²) in [6.07, 6.45) is 0. The van der Waals surface area contributed by atoms with Crippen LogP contribution in [0.5, 0.6) is 0 Å². The number of hydrogen-bond donors (Lipinski definition) is 1. The highest BCUT2D eigenvalue weighted by Crippen LogP contribution is 2.08. The topological polar surface area (TPSA) is 35.8 Å². The fourth-order valence-corrected chi connectivity index (χ4v) is 1.34. The molecule has 0 spiro atoms. The van der Waals surface area contributed by atoms with Crippen molar-refractivity contribution in [3.05, 3.63) is 35.9 Å². The van der Waals surface area contributed by atoms with E-state index >= 15 is 0 Å². The van der Waals surface area contributed by atoms with E-state index in [1.807, 2.05) is 58.0 Å². The van der Waals surface area contributed by atoms with Crippen molar-refractivity contribution in [1.82, 2.24) is 5.06 Å². The van der Waals surface area contributed by atoms with Crippen LogP contribution in [0.25, 0.3) is 0 Å². The lowest BCUT2D eigenvalue weighted by Crippen LogP contribution is -2.35. The van der Waals surface area contributed by atoms with Gasteiger partial charge >= 0.3 is 0 Å². The van der Waals surface area contributed by atoms with Gasteiger partial charge in [0, 0.05) is 11.6 Å². The molecule has 1 aromatic carbocycles. The fourth-order valence-electron chi connectivity index (χ4n) is 1.34. The Balaban J connectivity index is 3.07. The van der Waals surface area contributed by atoms with Crippen LogP contribution in [-0.4, -0.2) is 28.2 Å². The van der Waals surface area contributed by atoms with E-state index in [4.69, 9.17) is 0 Å². The summed E-state index contributed by atoms with van der Waals surface area (Å²) >= 11 is 0. The molecule has 16 heavy (non-hydrogen) atoms. The van der Waals surface area contributed by atoms with E-state index in [9.17, 15) is 5.21 Å². The maximum atomic E-state index is 9.99. The summed E-state index contributed by atoms with van der Waals surface area (Å²) in [5, 5.41) is 11.2. The normalized spacial score (nSPS) is 12.3. The third-order valence-electron chi connectivity index (χ3n) is 2.12. The number of benzene rings is 1. The second-order valence-corrected chi connectivity index (χ2v) is 4.35. The van der Waals surface area contributed by atoms with Crippen LogP contribution in [0.1, 0.15) is 33.3 Å². The Morgan fingerprint density at radius 1 is 1.12 bits per heavy atom. The van der Waals surface area contributed by atoms with Gasteiger partial charge in [-0.15, -0.1) is 0 Å². The quantitative estimate of drug-likeness (QED) is 0.483. The smallest absolute Gasteiger partial charge is 0.155 e. The standard InChI is InChI=1S/C13H20N2O/c1-10(2)14-13(15(16)11(3)4)12-8-6-5-7-9-12/h5-11,16H,1-4H3. The molecule has 3 nitrogen and oxygen atoms in total. The van der Waals surface area contributed by atoms with Crippen molar-refractivity contribution in [2.45, 2.75) is 39.8 Å². The Bertz CT molecular complexity index is 344. The first-order valence-corrected chi connectivity index (χ1v) is 5.63. The third-order valence-corrected chi connectivity index (χ3v) is 2.12. The van der Waals surface area contributed by atoms with Crippen molar-refractivity contribution in [3.63, 3.8) is 0 Å². The first-order chi connectivity index (χ1) is 7.52. The molecule has 0 aliphatic heterocycles. The number of hydrogen-bond acceptors (Lipinski definition) is 2. The van der Waals surface area contributed by atoms with Gasteiger partial charge in [-0.2, -0.15) is 0 Å². The van der Waals surface area contributed by atoms with E-state index in [2.05, 4.69) is 4.99 Å². The van der Waals surface area contributed by atoms with Gasteiger partial charge in [-0.25, -0.2) is 5.06 Å². The first-order valence-electron chi connectivity index (χ1n) is 5.63. The van der Waals surface area contributed by atoms with E-state index in [1.54, 1.807) is 0 Å². The molecule has 0 saturated heterocycles. The molecule has 0 aliphatic carbocycles. The van der Waals surface area contributed by atoms with Gasteiger partial charge in [-0.05, 0) is 27.7 Å². The zero-order chi connectivity index (χ0) is 12.1. The second kappa shape index (κ2) is 5.66. The van der Waals surface area contributed by atoms with Gasteiger partial charge in [0.2, 0.25) is 0 Å². The summed E-state index contributed by atoms with van der Waals surface area (Å²) in [7, 11) is 0. The lowest BCUT2D eigenvalue weighted by Gasteiger charge is -2.23. The van der Waals surface area contributed by atoms with Gasteiger partial charge < -0.3 is 0 Å². The molecule has 88 valence electrons. The monoisotopic (exact) mass is 220 g/mol. The molecule has 0 unspecified atom stereocenters. The van der Waals surface area contributed by atoms with E-state index in [1.165, 1.54) is 5.06 Å². The summed E-state index contributed by atoms with van der Waals surface area (Å²) in [6, 6.07) is 9.91. The van der Waals surface area contributed by atoms with E-state index in [0.29, 0.717) is 5.84 Å². The Labute approximate surface area is 97.4 Å². The third kappa shape index (κ3) is 3.35. The molecule has 0 aliphatic rings. The summed E-state index contributed by atoms with van der Waals surface area (Å²) in [5.74, 6) is 0.630. The van der Waals surface area contributed by atoms with Crippen LogP contribution in [0.15, 0.2) is 35.3 Å². The van der Waals surface area contributed by atoms with Crippen molar-refractivity contribution in [2.75, 3.05) is 0 Å². The first kappa shape index (κ1) is 12.7.